The van der Waals surface area contributed by atoms with Gasteiger partial charge >= 0.3 is 0 Å². The number of anilines is 1. The molecule has 0 bridgehead atoms. The van der Waals surface area contributed by atoms with Crippen molar-refractivity contribution in [2.45, 2.75) is 5.92 Å². The van der Waals surface area contributed by atoms with Gasteiger partial charge in [0.1, 0.15) is 0 Å². The van der Waals surface area contributed by atoms with Crippen LogP contribution in [0.5, 0.6) is 11.5 Å². The van der Waals surface area contributed by atoms with Gasteiger partial charge in [0.2, 0.25) is 30.2 Å². The summed E-state index contributed by atoms with van der Waals surface area (Å²) in [5.41, 5.74) is 0.677. The molecule has 0 saturated carbocycles. The van der Waals surface area contributed by atoms with Crippen LogP contribution in [0.25, 0.3) is 11.6 Å². The number of amides is 1. The second kappa shape index (κ2) is 6.89. The summed E-state index contributed by atoms with van der Waals surface area (Å²) in [5, 5.41) is 6.80. The average Bonchev–Trinajstić information content (AvgIpc) is 3.34. The van der Waals surface area contributed by atoms with Gasteiger partial charge in [0.15, 0.2) is 11.5 Å². The van der Waals surface area contributed by atoms with Crippen molar-refractivity contribution in [1.29, 1.82) is 0 Å². The Morgan fingerprint density at radius 3 is 2.82 bits per heavy atom. The molecular weight excluding hydrogens is 364 g/mol. The van der Waals surface area contributed by atoms with E-state index in [1.165, 1.54) is 0 Å². The van der Waals surface area contributed by atoms with Crippen molar-refractivity contribution in [2.75, 3.05) is 31.7 Å². The van der Waals surface area contributed by atoms with Gasteiger partial charge in [-0.2, -0.15) is 4.98 Å². The number of nitrogens with one attached hydrogen (secondary N) is 1. The molecule has 0 radical (unpaired) electrons. The van der Waals surface area contributed by atoms with Crippen molar-refractivity contribution < 1.29 is 18.8 Å². The first-order valence-electron chi connectivity index (χ1n) is 8.77. The van der Waals surface area contributed by atoms with Gasteiger partial charge in [0, 0.05) is 37.2 Å². The smallest absolute Gasteiger partial charge is 0.240 e. The van der Waals surface area contributed by atoms with E-state index in [4.69, 9.17) is 14.0 Å². The van der Waals surface area contributed by atoms with Crippen LogP contribution >= 0.6 is 0 Å². The molecule has 3 aromatic rings. The largest absolute Gasteiger partial charge is 0.454 e. The Hall–Kier alpha value is -3.53. The van der Waals surface area contributed by atoms with E-state index in [9.17, 15) is 4.79 Å². The monoisotopic (exact) mass is 380 g/mol. The molecule has 1 fully saturated rings. The summed E-state index contributed by atoms with van der Waals surface area (Å²) in [7, 11) is 0. The van der Waals surface area contributed by atoms with E-state index in [0.29, 0.717) is 47.8 Å². The number of ether oxygens (including phenoxy) is 2. The zero-order chi connectivity index (χ0) is 18.9. The molecule has 0 aliphatic carbocycles. The fourth-order valence-electron chi connectivity index (χ4n) is 3.14. The molecule has 2 aliphatic rings. The summed E-state index contributed by atoms with van der Waals surface area (Å²) < 4.78 is 15.9. The standard InChI is InChI=1S/C18H16N6O4/c25-15(21-12-2-3-13-14(6-12)27-10-26-13)9-24-7-11(8-24)18-22-17(23-28-18)16-19-4-1-5-20-16/h1-6,11H,7-10H2,(H,21,25). The van der Waals surface area contributed by atoms with Gasteiger partial charge in [-0.15, -0.1) is 0 Å². The van der Waals surface area contributed by atoms with E-state index in [2.05, 4.69) is 25.4 Å². The molecule has 0 spiro atoms. The van der Waals surface area contributed by atoms with Crippen LogP contribution in [0.3, 0.4) is 0 Å². The van der Waals surface area contributed by atoms with Gasteiger partial charge in [-0.3, -0.25) is 9.69 Å². The average molecular weight is 380 g/mol. The second-order valence-electron chi connectivity index (χ2n) is 6.54. The molecule has 1 saturated heterocycles. The van der Waals surface area contributed by atoms with E-state index >= 15 is 0 Å². The molecule has 0 unspecified atom stereocenters. The van der Waals surface area contributed by atoms with Gasteiger partial charge < -0.3 is 19.3 Å². The van der Waals surface area contributed by atoms with Crippen molar-refractivity contribution in [1.82, 2.24) is 25.0 Å². The van der Waals surface area contributed by atoms with Gasteiger partial charge in [-0.1, -0.05) is 5.16 Å². The highest BCUT2D eigenvalue weighted by atomic mass is 16.7. The maximum absolute atomic E-state index is 12.3. The maximum atomic E-state index is 12.3. The number of likely N-dealkylation sites (tertiary alicyclic amines) is 1. The van der Waals surface area contributed by atoms with Crippen LogP contribution in [0.15, 0.2) is 41.2 Å². The van der Waals surface area contributed by atoms with Crippen LogP contribution in [0, 0.1) is 0 Å². The summed E-state index contributed by atoms with van der Waals surface area (Å²) in [6.45, 7) is 1.83. The Kier molecular flexibility index (Phi) is 4.09. The Morgan fingerprint density at radius 2 is 1.96 bits per heavy atom. The number of fused-ring (bicyclic) bond motifs is 1. The van der Waals surface area contributed by atoms with E-state index in [0.717, 1.165) is 0 Å². The minimum Gasteiger partial charge on any atom is -0.454 e. The van der Waals surface area contributed by atoms with Crippen molar-refractivity contribution in [3.05, 3.63) is 42.5 Å². The van der Waals surface area contributed by atoms with Crippen LogP contribution in [0.2, 0.25) is 0 Å². The molecule has 5 rings (SSSR count). The van der Waals surface area contributed by atoms with Gasteiger partial charge in [0.05, 0.1) is 12.5 Å². The summed E-state index contributed by atoms with van der Waals surface area (Å²) in [5.74, 6) is 2.66. The van der Waals surface area contributed by atoms with Crippen LogP contribution in [-0.2, 0) is 4.79 Å². The first kappa shape index (κ1) is 16.6. The lowest BCUT2D eigenvalue weighted by Gasteiger charge is -2.36. The minimum atomic E-state index is -0.0961. The summed E-state index contributed by atoms with van der Waals surface area (Å²) in [6, 6.07) is 7.05. The molecule has 28 heavy (non-hydrogen) atoms. The number of nitrogens with zero attached hydrogens (tertiary/aromatic N) is 5. The molecule has 1 aromatic carbocycles. The molecule has 10 heteroatoms. The van der Waals surface area contributed by atoms with Crippen molar-refractivity contribution in [2.24, 2.45) is 0 Å². The SMILES string of the molecule is O=C(CN1CC(c2nc(-c3ncccn3)no2)C1)Nc1ccc2c(c1)OCO2. The Labute approximate surface area is 159 Å². The molecule has 2 aliphatic heterocycles. The zero-order valence-corrected chi connectivity index (χ0v) is 14.7. The van der Waals surface area contributed by atoms with Crippen molar-refractivity contribution >= 4 is 11.6 Å². The number of hydrogen-bond acceptors (Lipinski definition) is 9. The number of hydrogen-bond donors (Lipinski definition) is 1. The fourth-order valence-corrected chi connectivity index (χ4v) is 3.14. The predicted molar refractivity (Wildman–Crippen MR) is 95.7 cm³/mol. The molecule has 1 amide bonds. The Morgan fingerprint density at radius 1 is 1.14 bits per heavy atom. The van der Waals surface area contributed by atoms with Crippen molar-refractivity contribution in [3.63, 3.8) is 0 Å². The van der Waals surface area contributed by atoms with Gasteiger partial charge in [-0.05, 0) is 18.2 Å². The first-order chi connectivity index (χ1) is 13.7. The second-order valence-corrected chi connectivity index (χ2v) is 6.54. The summed E-state index contributed by atoms with van der Waals surface area (Å²) in [4.78, 5) is 26.8. The molecule has 0 atom stereocenters. The zero-order valence-electron chi connectivity index (χ0n) is 14.7. The van der Waals surface area contributed by atoms with Crippen LogP contribution in [-0.4, -0.2) is 57.3 Å². The number of rotatable bonds is 5. The molecule has 1 N–H and O–H groups in total. The highest BCUT2D eigenvalue weighted by molar-refractivity contribution is 5.92. The Balaban J connectivity index is 1.13. The molecule has 2 aromatic heterocycles. The van der Waals surface area contributed by atoms with Gasteiger partial charge in [-0.25, -0.2) is 9.97 Å². The highest BCUT2D eigenvalue weighted by Crippen LogP contribution is 2.34. The van der Waals surface area contributed by atoms with Crippen molar-refractivity contribution in [3.8, 4) is 23.1 Å². The molecule has 142 valence electrons. The van der Waals surface area contributed by atoms with Crippen LogP contribution in [0.4, 0.5) is 5.69 Å². The normalized spacial score (nSPS) is 16.0. The highest BCUT2D eigenvalue weighted by Gasteiger charge is 2.34. The number of aromatic nitrogens is 4. The van der Waals surface area contributed by atoms with E-state index < -0.39 is 0 Å². The first-order valence-corrected chi connectivity index (χ1v) is 8.77. The topological polar surface area (TPSA) is 116 Å². The lowest BCUT2D eigenvalue weighted by atomic mass is 10.0. The lowest BCUT2D eigenvalue weighted by Crippen LogP contribution is -2.48. The summed E-state index contributed by atoms with van der Waals surface area (Å²) >= 11 is 0. The van der Waals surface area contributed by atoms with E-state index in [-0.39, 0.29) is 25.2 Å². The third kappa shape index (κ3) is 3.25. The van der Waals surface area contributed by atoms with Gasteiger partial charge in [0.25, 0.3) is 0 Å². The third-order valence-electron chi connectivity index (χ3n) is 4.54. The fraction of sp³-hybridized carbons (Fsp3) is 0.278. The number of carbonyl (C=O) groups excluding carboxylic acids is 1. The maximum Gasteiger partial charge on any atom is 0.240 e. The van der Waals surface area contributed by atoms with E-state index in [1.807, 2.05) is 4.90 Å². The molecule has 10 nitrogen and oxygen atoms in total. The van der Waals surface area contributed by atoms with E-state index in [1.54, 1.807) is 36.7 Å². The Bertz CT molecular complexity index is 1000. The van der Waals surface area contributed by atoms with Crippen LogP contribution in [0.1, 0.15) is 11.8 Å². The quantitative estimate of drug-likeness (QED) is 0.699. The number of benzene rings is 1. The number of carbonyl (C=O) groups is 1. The molecular formula is C18H16N6O4. The lowest BCUT2D eigenvalue weighted by molar-refractivity contribution is -0.118. The summed E-state index contributed by atoms with van der Waals surface area (Å²) in [6.07, 6.45) is 3.25. The van der Waals surface area contributed by atoms with Crippen LogP contribution < -0.4 is 14.8 Å². The third-order valence-corrected chi connectivity index (χ3v) is 4.54. The minimum absolute atomic E-state index is 0.0961. The molecule has 4 heterocycles. The predicted octanol–water partition coefficient (Wildman–Crippen LogP) is 1.29.